The molecule has 0 aromatic heterocycles. The number of aliphatic hydroxyl groups is 10. The summed E-state index contributed by atoms with van der Waals surface area (Å²) in [6.07, 6.45) is -10.8. The maximum Gasteiger partial charge on any atom is 0.330 e. The lowest BCUT2D eigenvalue weighted by molar-refractivity contribution is -0.284. The number of carboxylic acid groups (broad SMARTS) is 1. The van der Waals surface area contributed by atoms with Crippen molar-refractivity contribution >= 4 is 70.5 Å². The van der Waals surface area contributed by atoms with Gasteiger partial charge in [-0.1, -0.05) is 124 Å². The molecule has 0 spiro atoms. The minimum atomic E-state index is -2.57. The molecule has 17 bridgehead atoms. The number of benzene rings is 7. The van der Waals surface area contributed by atoms with Crippen LogP contribution in [0.3, 0.4) is 0 Å². The van der Waals surface area contributed by atoms with Crippen molar-refractivity contribution in [3.8, 4) is 80.1 Å². The Morgan fingerprint density at radius 1 is 0.455 bits per heavy atom. The third-order valence-electron chi connectivity index (χ3n) is 26.0. The van der Waals surface area contributed by atoms with Gasteiger partial charge in [0.25, 0.3) is 0 Å². The van der Waals surface area contributed by atoms with Gasteiger partial charge in [0.2, 0.25) is 59.7 Å². The second-order valence-corrected chi connectivity index (χ2v) is 37.1. The first-order valence-electron chi connectivity index (χ1n) is 47.4. The summed E-state index contributed by atoms with van der Waals surface area (Å²) >= 11 is 15.0. The minimum Gasteiger partial charge on any atom is -0.508 e. The predicted octanol–water partition coefficient (Wildman–Crippen LogP) is 5.74. The molecule has 143 heavy (non-hydrogen) atoms. The first kappa shape index (κ1) is 107. The molecule has 16 rings (SSSR count). The molecule has 0 aliphatic carbocycles. The number of carbonyl (C=O) groups is 8. The van der Waals surface area contributed by atoms with Gasteiger partial charge in [0.05, 0.1) is 35.9 Å². The van der Waals surface area contributed by atoms with Gasteiger partial charge in [0.15, 0.2) is 35.3 Å². The molecular weight excluding hydrogens is 1910 g/mol. The topological polar surface area (TPSA) is 631 Å². The molecule has 0 radical (unpaired) electrons. The van der Waals surface area contributed by atoms with E-state index < -0.39 is 299 Å². The predicted molar refractivity (Wildman–Crippen MR) is 509 cm³/mol. The van der Waals surface area contributed by atoms with E-state index in [9.17, 15) is 86.2 Å². The number of aliphatic carboxylic acids is 1. The molecule has 24 N–H and O–H groups in total. The lowest BCUT2D eigenvalue weighted by atomic mass is 9.89. The van der Waals surface area contributed by atoms with Crippen LogP contribution in [0.4, 0.5) is 0 Å². The highest BCUT2D eigenvalue weighted by molar-refractivity contribution is 6.32. The van der Waals surface area contributed by atoms with Gasteiger partial charge in [0, 0.05) is 42.2 Å². The smallest absolute Gasteiger partial charge is 0.330 e. The molecule has 41 nitrogen and oxygen atoms in total. The number of hydrogen-bond donors (Lipinski definition) is 24. The van der Waals surface area contributed by atoms with E-state index in [2.05, 4.69) is 61.0 Å². The normalized spacial score (nSPS) is 27.5. The summed E-state index contributed by atoms with van der Waals surface area (Å²) in [5, 5.41) is 197. The number of unbranched alkanes of at least 4 members (excludes halogenated alkanes) is 14. The zero-order chi connectivity index (χ0) is 102. The minimum absolute atomic E-state index is 0.154. The second-order valence-electron chi connectivity index (χ2n) is 36.2. The Labute approximate surface area is 830 Å². The van der Waals surface area contributed by atoms with E-state index in [4.69, 9.17) is 65.8 Å². The first-order chi connectivity index (χ1) is 68.7. The molecule has 0 saturated carbocycles. The Morgan fingerprint density at radius 2 is 0.972 bits per heavy atom. The van der Waals surface area contributed by atoms with E-state index in [0.717, 1.165) is 163 Å². The monoisotopic (exact) mass is 2030 g/mol. The molecular formula is C100H119Cl2N9O32. The van der Waals surface area contributed by atoms with Gasteiger partial charge < -0.3 is 167 Å². The highest BCUT2D eigenvalue weighted by Crippen LogP contribution is 2.51. The number of fused-ring (bicyclic) bond motifs is 14. The molecule has 9 heterocycles. The third kappa shape index (κ3) is 25.3. The largest absolute Gasteiger partial charge is 0.508 e. The standard InChI is InChI=1S/C100H119Cl2N9O32/c1-4-6-8-10-12-14-16-18-20-30-103-74-50-24-27-63(119)66(38-50)135-56-35-52(34-54(116)41-56)76-94(130)109-77-53-39-68(136-64-28-22-48(32-59(64)101)33-61(91(127)107-76)106-92(74)128)90(143-98-79(85(123)82(120)70(44-112)139-98)104-31-21-19-17-15-13-11-9-7-5-2)69(40-53)137-65-29-25-51(37-60(65)102)89(142-99-80(105-47(3)115)86(124)83(121)71(45-113)140-99)81-96(132)110-78(97(133)134)58-42-55(117)43-67(138-100-88(126)87(125)84(122)72(46-114)141-100)73(58)57-36-49(23-26-62(57)118)75(93(129)111-81)108-95(77)131/h4-5,22-29,32,34-43,61,70-72,74-89,98-100,103-104,112-114,116-126H,1-2,6-21,30-31,33,44-46H2,3H3,(H,105,115)(H,106,128)(H,107,127)(H,108,131)(H,109,130)(H,110,132)(H,111,129)(H,133,134)/t61-,70-,71-,72-,74+,75-,76+,77-,78+,79-,80-,81+,82-,83-,84-,85-,86-,87+,88+,89-,98+,99+,100+/m1/s1. The van der Waals surface area contributed by atoms with Crippen molar-refractivity contribution in [1.29, 1.82) is 0 Å². The van der Waals surface area contributed by atoms with E-state index >= 15 is 28.8 Å². The van der Waals surface area contributed by atoms with E-state index in [1.807, 2.05) is 12.2 Å². The summed E-state index contributed by atoms with van der Waals surface area (Å²) in [7, 11) is 0. The van der Waals surface area contributed by atoms with Gasteiger partial charge in [-0.15, -0.1) is 13.2 Å². The second kappa shape index (κ2) is 48.5. The molecule has 43 heteroatoms. The number of phenolic OH excluding ortho intramolecular Hbond substituents is 4. The number of aromatic hydroxyl groups is 4. The lowest BCUT2D eigenvalue weighted by Crippen LogP contribution is -2.65. The average molecular weight is 2030 g/mol. The zero-order valence-corrected chi connectivity index (χ0v) is 79.3. The summed E-state index contributed by atoms with van der Waals surface area (Å²) in [5.41, 5.74) is -3.28. The summed E-state index contributed by atoms with van der Waals surface area (Å²) in [4.78, 5) is 126. The maximum absolute atomic E-state index is 17.2. The van der Waals surface area contributed by atoms with Gasteiger partial charge in [-0.3, -0.25) is 33.6 Å². The summed E-state index contributed by atoms with van der Waals surface area (Å²) in [5.74, 6) is -17.7. The molecule has 7 amide bonds. The Balaban J connectivity index is 1.000. The number of ether oxygens (including phenoxy) is 9. The molecule has 9 aliphatic heterocycles. The molecule has 7 aromatic rings. The van der Waals surface area contributed by atoms with Crippen molar-refractivity contribution in [2.45, 2.75) is 256 Å². The number of rotatable bonds is 33. The van der Waals surface area contributed by atoms with Crippen LogP contribution in [0.25, 0.3) is 11.1 Å². The summed E-state index contributed by atoms with van der Waals surface area (Å²) in [6, 6.07) is 2.95. The van der Waals surface area contributed by atoms with Gasteiger partial charge in [-0.2, -0.15) is 0 Å². The van der Waals surface area contributed by atoms with E-state index in [0.29, 0.717) is 19.3 Å². The Bertz CT molecular complexity index is 5770. The Kier molecular flexibility index (Phi) is 36.2. The van der Waals surface area contributed by atoms with Gasteiger partial charge in [-0.05, 0) is 164 Å². The Morgan fingerprint density at radius 3 is 1.57 bits per heavy atom. The SMILES string of the molecule is C=CCCCCCCCCCN[C@H]1[C@H](Oc2c3cc4cc2Oc2ccc(cc2Cl)[C@@H](O[C@@H]2O[C@H](CO)[C@@H](O)[C@H](O)[C@H]2NC(C)=O)[C@@H]2NC(=O)[C@H](NC(=O)[C@@H]4NC(=O)[C@H]4NC(=O)[C@@H](Cc5ccc(c(Cl)c5)O3)NC(=O)[C@@H](NCCCCCCCCCC=C)c3ccc(O)c(c3)Oc3cc(O)cc4c3)c3ccc(O)c(c3)-c3c(O[C@H]4O[C@H](CO)[C@@H](O)[C@H](O)[C@@H]4O)cc(O)cc3[C@@H](C(=O)O)NC2=O)O[C@H](CO)[C@@H](O)[C@@H]1O. The summed E-state index contributed by atoms with van der Waals surface area (Å²) < 4.78 is 58.5. The van der Waals surface area contributed by atoms with Crippen LogP contribution < -0.4 is 71.5 Å². The quantitative estimate of drug-likeness (QED) is 0.0172. The molecule has 3 fully saturated rings. The van der Waals surface area contributed by atoms with Crippen LogP contribution >= 0.6 is 23.2 Å². The number of carboxylic acids is 1. The van der Waals surface area contributed by atoms with Gasteiger partial charge in [0.1, 0.15) is 150 Å². The van der Waals surface area contributed by atoms with Crippen molar-refractivity contribution in [3.63, 3.8) is 0 Å². The maximum atomic E-state index is 17.2. The number of halogens is 2. The fourth-order valence-electron chi connectivity index (χ4n) is 18.4. The van der Waals surface area contributed by atoms with Gasteiger partial charge >= 0.3 is 5.97 Å². The van der Waals surface area contributed by atoms with E-state index in [1.165, 1.54) is 42.5 Å². The highest BCUT2D eigenvalue weighted by Gasteiger charge is 2.52. The fourth-order valence-corrected chi connectivity index (χ4v) is 18.9. The number of phenols is 4. The lowest BCUT2D eigenvalue weighted by Gasteiger charge is -2.44. The number of amides is 7. The molecule has 23 atom stereocenters. The van der Waals surface area contributed by atoms with Crippen LogP contribution in [0, 0.1) is 0 Å². The molecule has 0 unspecified atom stereocenters. The molecule has 9 aliphatic rings. The van der Waals surface area contributed by atoms with Crippen molar-refractivity contribution in [1.82, 2.24) is 47.9 Å². The van der Waals surface area contributed by atoms with Crippen molar-refractivity contribution in [2.75, 3.05) is 32.9 Å². The van der Waals surface area contributed by atoms with Gasteiger partial charge in [-0.25, -0.2) is 4.79 Å². The number of allylic oxidation sites excluding steroid dienone is 2. The average Bonchev–Trinajstić information content (AvgIpc) is 0.753. The fraction of sp³-hybridized carbons (Fsp3) is 0.460. The van der Waals surface area contributed by atoms with E-state index in [1.54, 1.807) is 0 Å². The molecule has 7 aromatic carbocycles. The van der Waals surface area contributed by atoms with Crippen LogP contribution in [0.15, 0.2) is 141 Å². The number of aliphatic hydroxyl groups excluding tert-OH is 10. The third-order valence-corrected chi connectivity index (χ3v) is 26.6. The summed E-state index contributed by atoms with van der Waals surface area (Å²) in [6.45, 7) is 5.98. The van der Waals surface area contributed by atoms with Crippen LogP contribution in [0.2, 0.25) is 10.0 Å². The van der Waals surface area contributed by atoms with Crippen LogP contribution in [-0.4, -0.2) is 261 Å². The number of carbonyl (C=O) groups excluding carboxylic acids is 7. The van der Waals surface area contributed by atoms with Crippen molar-refractivity contribution in [2.24, 2.45) is 0 Å². The molecule has 770 valence electrons. The van der Waals surface area contributed by atoms with Crippen LogP contribution in [0.1, 0.15) is 185 Å². The van der Waals surface area contributed by atoms with Crippen molar-refractivity contribution in [3.05, 3.63) is 190 Å². The Hall–Kier alpha value is -12.1. The highest BCUT2D eigenvalue weighted by atomic mass is 35.5. The zero-order valence-electron chi connectivity index (χ0n) is 77.8. The number of hydrogen-bond acceptors (Lipinski definition) is 33. The number of nitrogens with one attached hydrogen (secondary N) is 9. The molecule has 3 saturated heterocycles. The van der Waals surface area contributed by atoms with Crippen LogP contribution in [0.5, 0.6) is 69.0 Å². The van der Waals surface area contributed by atoms with Crippen molar-refractivity contribution < 1.29 is 158 Å². The first-order valence-corrected chi connectivity index (χ1v) is 48.1. The van der Waals surface area contributed by atoms with Crippen LogP contribution in [-0.2, 0) is 63.7 Å². The van der Waals surface area contributed by atoms with E-state index in [-0.39, 0.29) is 57.6 Å².